The maximum Gasteiger partial charge on any atom is 0.243 e. The predicted molar refractivity (Wildman–Crippen MR) is 80.6 cm³/mol. The van der Waals surface area contributed by atoms with Crippen molar-refractivity contribution in [1.29, 1.82) is 0 Å². The Morgan fingerprint density at radius 3 is 2.38 bits per heavy atom. The molecule has 1 heterocycles. The van der Waals surface area contributed by atoms with Crippen LogP contribution in [0, 0.1) is 0 Å². The third kappa shape index (κ3) is 3.11. The monoisotopic (exact) mass is 349 g/mol. The van der Waals surface area contributed by atoms with Crippen LogP contribution in [-0.2, 0) is 19.9 Å². The normalized spacial score (nSPS) is 25.3. The van der Waals surface area contributed by atoms with Crippen molar-refractivity contribution in [2.75, 3.05) is 11.5 Å². The van der Waals surface area contributed by atoms with Gasteiger partial charge in [-0.05, 0) is 37.5 Å². The van der Waals surface area contributed by atoms with E-state index in [-0.39, 0.29) is 22.4 Å². The molecule has 1 saturated heterocycles. The Balaban J connectivity index is 1.98. The van der Waals surface area contributed by atoms with Crippen molar-refractivity contribution in [2.24, 2.45) is 0 Å². The second-order valence-corrected chi connectivity index (χ2v) is 10.1. The zero-order valence-electron chi connectivity index (χ0n) is 11.3. The third-order valence-corrected chi connectivity index (χ3v) is 7.83. The molecule has 0 spiro atoms. The summed E-state index contributed by atoms with van der Waals surface area (Å²) in [7, 11) is -6.84. The average Bonchev–Trinajstić information content (AvgIpc) is 3.14. The van der Waals surface area contributed by atoms with E-state index in [0.717, 1.165) is 12.8 Å². The van der Waals surface area contributed by atoms with Crippen LogP contribution >= 0.6 is 11.6 Å². The van der Waals surface area contributed by atoms with Gasteiger partial charge in [-0.1, -0.05) is 17.7 Å². The molecule has 21 heavy (non-hydrogen) atoms. The molecule has 0 amide bonds. The summed E-state index contributed by atoms with van der Waals surface area (Å²) < 4.78 is 50.4. The molecule has 1 aliphatic heterocycles. The first-order chi connectivity index (χ1) is 9.79. The highest BCUT2D eigenvalue weighted by atomic mass is 35.5. The number of nitrogens with zero attached hydrogens (tertiary/aromatic N) is 1. The van der Waals surface area contributed by atoms with Crippen molar-refractivity contribution in [3.63, 3.8) is 0 Å². The Morgan fingerprint density at radius 1 is 1.14 bits per heavy atom. The molecular formula is C13H16ClNO4S2. The largest absolute Gasteiger partial charge is 0.243 e. The van der Waals surface area contributed by atoms with E-state index in [1.165, 1.54) is 16.4 Å². The molecule has 1 atom stereocenters. The van der Waals surface area contributed by atoms with Crippen LogP contribution in [0.2, 0.25) is 5.02 Å². The molecular weight excluding hydrogens is 334 g/mol. The van der Waals surface area contributed by atoms with E-state index in [9.17, 15) is 16.8 Å². The number of sulfone groups is 1. The van der Waals surface area contributed by atoms with Gasteiger partial charge in [-0.3, -0.25) is 0 Å². The van der Waals surface area contributed by atoms with Gasteiger partial charge < -0.3 is 0 Å². The number of rotatable bonds is 4. The molecule has 1 aromatic rings. The summed E-state index contributed by atoms with van der Waals surface area (Å²) in [6.07, 6.45) is 1.95. The lowest BCUT2D eigenvalue weighted by molar-refractivity contribution is 0.332. The summed E-state index contributed by atoms with van der Waals surface area (Å²) in [4.78, 5) is 0.131. The van der Waals surface area contributed by atoms with E-state index in [1.54, 1.807) is 12.1 Å². The molecule has 0 N–H and O–H groups in total. The zero-order chi connectivity index (χ0) is 15.3. The fourth-order valence-electron chi connectivity index (χ4n) is 2.74. The van der Waals surface area contributed by atoms with Gasteiger partial charge in [-0.2, -0.15) is 4.31 Å². The Morgan fingerprint density at radius 2 is 1.86 bits per heavy atom. The highest BCUT2D eigenvalue weighted by Gasteiger charge is 2.46. The fourth-order valence-corrected chi connectivity index (χ4v) is 6.75. The first kappa shape index (κ1) is 15.3. The summed E-state index contributed by atoms with van der Waals surface area (Å²) in [5.74, 6) is -0.0186. The number of benzene rings is 1. The van der Waals surface area contributed by atoms with Gasteiger partial charge in [-0.15, -0.1) is 0 Å². The average molecular weight is 350 g/mol. The van der Waals surface area contributed by atoms with E-state index < -0.39 is 25.9 Å². The number of hydrogen-bond acceptors (Lipinski definition) is 4. The quantitative estimate of drug-likeness (QED) is 0.829. The van der Waals surface area contributed by atoms with Crippen LogP contribution in [0.5, 0.6) is 0 Å². The molecule has 0 radical (unpaired) electrons. The van der Waals surface area contributed by atoms with Crippen molar-refractivity contribution in [2.45, 2.75) is 36.2 Å². The summed E-state index contributed by atoms with van der Waals surface area (Å²) >= 11 is 5.88. The Kier molecular flexibility index (Phi) is 3.80. The summed E-state index contributed by atoms with van der Waals surface area (Å²) in [5.41, 5.74) is 0. The molecule has 0 aromatic heterocycles. The van der Waals surface area contributed by atoms with Crippen molar-refractivity contribution in [3.05, 3.63) is 29.3 Å². The number of sulfonamides is 1. The first-order valence-corrected chi connectivity index (χ1v) is 10.4. The van der Waals surface area contributed by atoms with Crippen LogP contribution in [0.15, 0.2) is 29.2 Å². The fraction of sp³-hybridized carbons (Fsp3) is 0.538. The van der Waals surface area contributed by atoms with Gasteiger partial charge in [0.1, 0.15) is 0 Å². The summed E-state index contributed by atoms with van der Waals surface area (Å²) in [6, 6.07) is 5.59. The van der Waals surface area contributed by atoms with Crippen molar-refractivity contribution in [1.82, 2.24) is 4.31 Å². The molecule has 1 aromatic carbocycles. The lowest BCUT2D eigenvalue weighted by Crippen LogP contribution is -2.42. The van der Waals surface area contributed by atoms with Crippen LogP contribution in [-0.4, -0.2) is 44.7 Å². The van der Waals surface area contributed by atoms with E-state index >= 15 is 0 Å². The number of hydrogen-bond donors (Lipinski definition) is 0. The molecule has 1 saturated carbocycles. The van der Waals surface area contributed by atoms with Crippen LogP contribution in [0.25, 0.3) is 0 Å². The van der Waals surface area contributed by atoms with Crippen LogP contribution in [0.4, 0.5) is 0 Å². The van der Waals surface area contributed by atoms with Crippen molar-refractivity contribution >= 4 is 31.5 Å². The van der Waals surface area contributed by atoms with E-state index in [2.05, 4.69) is 0 Å². The van der Waals surface area contributed by atoms with Gasteiger partial charge in [0.15, 0.2) is 9.84 Å². The van der Waals surface area contributed by atoms with Crippen molar-refractivity contribution < 1.29 is 16.8 Å². The molecule has 1 aliphatic carbocycles. The zero-order valence-corrected chi connectivity index (χ0v) is 13.7. The van der Waals surface area contributed by atoms with E-state index in [0.29, 0.717) is 11.4 Å². The van der Waals surface area contributed by atoms with Gasteiger partial charge >= 0.3 is 0 Å². The highest BCUT2D eigenvalue weighted by Crippen LogP contribution is 2.37. The van der Waals surface area contributed by atoms with Gasteiger partial charge in [-0.25, -0.2) is 16.8 Å². The summed E-state index contributed by atoms with van der Waals surface area (Å²) in [5, 5.41) is 0.353. The maximum atomic E-state index is 12.8. The second kappa shape index (κ2) is 5.22. The van der Waals surface area contributed by atoms with Gasteiger partial charge in [0, 0.05) is 17.1 Å². The van der Waals surface area contributed by atoms with Crippen LogP contribution < -0.4 is 0 Å². The minimum Gasteiger partial charge on any atom is -0.229 e. The molecule has 3 rings (SSSR count). The lowest BCUT2D eigenvalue weighted by atomic mass is 10.2. The molecule has 116 valence electrons. The third-order valence-electron chi connectivity index (χ3n) is 3.85. The number of halogens is 1. The Labute approximate surface area is 129 Å². The SMILES string of the molecule is O=S1(=O)CC[C@H](N(C2CC2)S(=O)(=O)c2cccc(Cl)c2)C1. The lowest BCUT2D eigenvalue weighted by Gasteiger charge is -2.27. The molecule has 5 nitrogen and oxygen atoms in total. The van der Waals surface area contributed by atoms with Crippen LogP contribution in [0.3, 0.4) is 0 Å². The summed E-state index contributed by atoms with van der Waals surface area (Å²) in [6.45, 7) is 0. The minimum absolute atomic E-state index is 0.0615. The minimum atomic E-state index is -3.71. The predicted octanol–water partition coefficient (Wildman–Crippen LogP) is 1.68. The molecule has 2 fully saturated rings. The topological polar surface area (TPSA) is 71.5 Å². The Hall–Kier alpha value is -0.630. The Bertz CT molecular complexity index is 756. The van der Waals surface area contributed by atoms with Gasteiger partial charge in [0.25, 0.3) is 0 Å². The first-order valence-electron chi connectivity index (χ1n) is 6.79. The smallest absolute Gasteiger partial charge is 0.229 e. The van der Waals surface area contributed by atoms with E-state index in [4.69, 9.17) is 11.6 Å². The highest BCUT2D eigenvalue weighted by molar-refractivity contribution is 7.92. The molecule has 8 heteroatoms. The van der Waals surface area contributed by atoms with E-state index in [1.807, 2.05) is 0 Å². The van der Waals surface area contributed by atoms with Gasteiger partial charge in [0.2, 0.25) is 10.0 Å². The van der Waals surface area contributed by atoms with Crippen LogP contribution in [0.1, 0.15) is 19.3 Å². The van der Waals surface area contributed by atoms with Gasteiger partial charge in [0.05, 0.1) is 16.4 Å². The molecule has 0 unspecified atom stereocenters. The molecule has 0 bridgehead atoms. The molecule has 2 aliphatic rings. The second-order valence-electron chi connectivity index (χ2n) is 5.58. The standard InChI is InChI=1S/C13H16ClNO4S2/c14-10-2-1-3-13(8-10)21(18,19)15(11-4-5-11)12-6-7-20(16,17)9-12/h1-3,8,11-12H,4-7,9H2/t12-/m0/s1. The maximum absolute atomic E-state index is 12.8. The van der Waals surface area contributed by atoms with Crippen molar-refractivity contribution in [3.8, 4) is 0 Å².